The molecule has 0 aliphatic heterocycles. The van der Waals surface area contributed by atoms with Gasteiger partial charge in [-0.3, -0.25) is 5.10 Å². The molecule has 8 heteroatoms. The van der Waals surface area contributed by atoms with Gasteiger partial charge in [-0.15, -0.1) is 16.4 Å². The first-order valence-electron chi connectivity index (χ1n) is 7.97. The minimum atomic E-state index is 0.610. The van der Waals surface area contributed by atoms with Crippen LogP contribution in [0.15, 0.2) is 57.5 Å². The molecule has 4 rings (SSSR count). The van der Waals surface area contributed by atoms with Gasteiger partial charge in [0.15, 0.2) is 0 Å². The van der Waals surface area contributed by atoms with E-state index in [1.165, 1.54) is 16.6 Å². The van der Waals surface area contributed by atoms with Gasteiger partial charge in [-0.1, -0.05) is 35.1 Å². The van der Waals surface area contributed by atoms with Crippen molar-refractivity contribution in [3.63, 3.8) is 0 Å². The lowest BCUT2D eigenvalue weighted by Crippen LogP contribution is -1.87. The molecular formula is C18H16N4O2S2. The molecule has 4 aromatic rings. The zero-order chi connectivity index (χ0) is 17.8. The number of ether oxygens (including phenoxy) is 1. The molecule has 0 bridgehead atoms. The van der Waals surface area contributed by atoms with Crippen LogP contribution in [0.5, 0.6) is 5.75 Å². The van der Waals surface area contributed by atoms with Gasteiger partial charge in [-0.25, -0.2) is 4.98 Å². The first kappa shape index (κ1) is 16.9. The lowest BCUT2D eigenvalue weighted by Gasteiger charge is -2.03. The van der Waals surface area contributed by atoms with Crippen molar-refractivity contribution in [3.8, 4) is 17.0 Å². The molecule has 0 atom stereocenters. The van der Waals surface area contributed by atoms with Crippen molar-refractivity contribution < 1.29 is 9.26 Å². The summed E-state index contributed by atoms with van der Waals surface area (Å²) >= 11 is 3.22. The molecule has 0 amide bonds. The fraction of sp³-hybridized carbons (Fsp3) is 0.167. The van der Waals surface area contributed by atoms with Crippen LogP contribution in [0.25, 0.3) is 11.3 Å². The molecule has 1 aromatic carbocycles. The van der Waals surface area contributed by atoms with Gasteiger partial charge in [-0.05, 0) is 23.6 Å². The summed E-state index contributed by atoms with van der Waals surface area (Å²) in [6.45, 7) is 0. The third kappa shape index (κ3) is 3.81. The third-order valence-corrected chi connectivity index (χ3v) is 5.46. The Morgan fingerprint density at radius 1 is 1.23 bits per heavy atom. The predicted molar refractivity (Wildman–Crippen MR) is 102 cm³/mol. The first-order valence-corrected chi connectivity index (χ1v) is 9.84. The first-order chi connectivity index (χ1) is 12.8. The van der Waals surface area contributed by atoms with Crippen molar-refractivity contribution >= 4 is 23.1 Å². The van der Waals surface area contributed by atoms with Gasteiger partial charge < -0.3 is 9.26 Å². The Bertz CT molecular complexity index is 979. The molecule has 0 unspecified atom stereocenters. The van der Waals surface area contributed by atoms with E-state index in [-0.39, 0.29) is 0 Å². The van der Waals surface area contributed by atoms with E-state index >= 15 is 0 Å². The topological polar surface area (TPSA) is 76.8 Å². The second-order valence-corrected chi connectivity index (χ2v) is 7.46. The van der Waals surface area contributed by atoms with E-state index in [1.807, 2.05) is 36.4 Å². The number of aromatic nitrogens is 4. The fourth-order valence-electron chi connectivity index (χ4n) is 2.50. The number of aromatic amines is 1. The van der Waals surface area contributed by atoms with Gasteiger partial charge >= 0.3 is 0 Å². The number of H-pyrrole nitrogens is 1. The quantitative estimate of drug-likeness (QED) is 0.476. The maximum absolute atomic E-state index is 5.44. The highest BCUT2D eigenvalue weighted by Crippen LogP contribution is 2.30. The van der Waals surface area contributed by atoms with Crippen LogP contribution in [0.3, 0.4) is 0 Å². The van der Waals surface area contributed by atoms with Crippen LogP contribution in [-0.2, 0) is 12.2 Å². The highest BCUT2D eigenvalue weighted by atomic mass is 32.2. The number of para-hydroxylation sites is 1. The van der Waals surface area contributed by atoms with E-state index in [2.05, 4.69) is 31.8 Å². The number of methoxy groups -OCH3 is 1. The summed E-state index contributed by atoms with van der Waals surface area (Å²) in [7, 11) is 1.65. The van der Waals surface area contributed by atoms with E-state index in [4.69, 9.17) is 9.26 Å². The summed E-state index contributed by atoms with van der Waals surface area (Å²) in [5.41, 5.74) is 1.66. The standard InChI is InChI=1S/C18H16N4O2S2/c1-23-16-7-3-2-6-14(16)15-9-12(24-22-15)11-26-18-19-17(20-21-18)10-13-5-4-8-25-13/h2-9H,10-11H2,1H3,(H,19,20,21). The molecule has 0 fully saturated rings. The summed E-state index contributed by atoms with van der Waals surface area (Å²) in [4.78, 5) is 5.77. The molecule has 0 aliphatic carbocycles. The summed E-state index contributed by atoms with van der Waals surface area (Å²) < 4.78 is 10.8. The molecule has 26 heavy (non-hydrogen) atoms. The maximum atomic E-state index is 5.44. The number of nitrogens with one attached hydrogen (secondary N) is 1. The van der Waals surface area contributed by atoms with Gasteiger partial charge in [0, 0.05) is 22.9 Å². The largest absolute Gasteiger partial charge is 0.496 e. The molecule has 0 saturated carbocycles. The number of hydrogen-bond donors (Lipinski definition) is 1. The van der Waals surface area contributed by atoms with Crippen LogP contribution in [0.1, 0.15) is 16.5 Å². The maximum Gasteiger partial charge on any atom is 0.208 e. The van der Waals surface area contributed by atoms with Crippen molar-refractivity contribution in [1.29, 1.82) is 0 Å². The summed E-state index contributed by atoms with van der Waals surface area (Å²) in [5.74, 6) is 3.01. The number of nitrogens with zero attached hydrogens (tertiary/aromatic N) is 3. The van der Waals surface area contributed by atoms with Crippen molar-refractivity contribution in [3.05, 3.63) is 64.3 Å². The summed E-state index contributed by atoms with van der Waals surface area (Å²) in [6, 6.07) is 13.8. The Morgan fingerprint density at radius 2 is 2.15 bits per heavy atom. The predicted octanol–water partition coefficient (Wildman–Crippen LogP) is 4.41. The molecular weight excluding hydrogens is 368 g/mol. The Morgan fingerprint density at radius 3 is 3.00 bits per heavy atom. The smallest absolute Gasteiger partial charge is 0.208 e. The molecule has 3 heterocycles. The van der Waals surface area contributed by atoms with Gasteiger partial charge in [0.25, 0.3) is 0 Å². The monoisotopic (exact) mass is 384 g/mol. The van der Waals surface area contributed by atoms with Crippen LogP contribution in [0.2, 0.25) is 0 Å². The van der Waals surface area contributed by atoms with Crippen LogP contribution in [-0.4, -0.2) is 27.4 Å². The highest BCUT2D eigenvalue weighted by molar-refractivity contribution is 7.98. The molecule has 0 saturated heterocycles. The Labute approximate surface area is 158 Å². The Hall–Kier alpha value is -2.58. The average Bonchev–Trinajstić information content (AvgIpc) is 3.42. The summed E-state index contributed by atoms with van der Waals surface area (Å²) in [6.07, 6.45) is 0.769. The normalized spacial score (nSPS) is 11.0. The van der Waals surface area contributed by atoms with E-state index in [9.17, 15) is 0 Å². The SMILES string of the molecule is COc1ccccc1-c1cc(CSc2n[nH]c(Cc3cccs3)n2)on1. The number of thiophene rings is 1. The van der Waals surface area contributed by atoms with Gasteiger partial charge in [-0.2, -0.15) is 0 Å². The molecule has 0 aliphatic rings. The molecule has 0 radical (unpaired) electrons. The van der Waals surface area contributed by atoms with Crippen molar-refractivity contribution in [2.24, 2.45) is 0 Å². The van der Waals surface area contributed by atoms with E-state index < -0.39 is 0 Å². The summed E-state index contributed by atoms with van der Waals surface area (Å²) in [5, 5.41) is 14.1. The Kier molecular flexibility index (Phi) is 5.03. The second kappa shape index (κ2) is 7.76. The Balaban J connectivity index is 1.40. The van der Waals surface area contributed by atoms with E-state index in [0.29, 0.717) is 10.9 Å². The lowest BCUT2D eigenvalue weighted by atomic mass is 10.1. The molecule has 0 spiro atoms. The van der Waals surface area contributed by atoms with Gasteiger partial charge in [0.2, 0.25) is 5.16 Å². The molecule has 6 nitrogen and oxygen atoms in total. The van der Waals surface area contributed by atoms with Crippen LogP contribution >= 0.6 is 23.1 Å². The van der Waals surface area contributed by atoms with Crippen molar-refractivity contribution in [2.45, 2.75) is 17.3 Å². The van der Waals surface area contributed by atoms with E-state index in [0.717, 1.165) is 35.0 Å². The fourth-order valence-corrected chi connectivity index (χ4v) is 3.90. The highest BCUT2D eigenvalue weighted by Gasteiger charge is 2.12. The minimum Gasteiger partial charge on any atom is -0.496 e. The number of hydrogen-bond acceptors (Lipinski definition) is 7. The van der Waals surface area contributed by atoms with Gasteiger partial charge in [0.1, 0.15) is 23.0 Å². The van der Waals surface area contributed by atoms with Gasteiger partial charge in [0.05, 0.1) is 12.9 Å². The van der Waals surface area contributed by atoms with Crippen LogP contribution < -0.4 is 4.74 Å². The molecule has 132 valence electrons. The zero-order valence-electron chi connectivity index (χ0n) is 14.0. The average molecular weight is 384 g/mol. The molecule has 3 aromatic heterocycles. The number of thioether (sulfide) groups is 1. The lowest BCUT2D eigenvalue weighted by molar-refractivity contribution is 0.395. The third-order valence-electron chi connectivity index (χ3n) is 3.72. The zero-order valence-corrected chi connectivity index (χ0v) is 15.6. The second-order valence-electron chi connectivity index (χ2n) is 5.49. The van der Waals surface area contributed by atoms with E-state index in [1.54, 1.807) is 18.4 Å². The van der Waals surface area contributed by atoms with Crippen molar-refractivity contribution in [2.75, 3.05) is 7.11 Å². The minimum absolute atomic E-state index is 0.610. The van der Waals surface area contributed by atoms with Crippen LogP contribution in [0.4, 0.5) is 0 Å². The van der Waals surface area contributed by atoms with Crippen LogP contribution in [0, 0.1) is 0 Å². The molecule has 1 N–H and O–H groups in total. The van der Waals surface area contributed by atoms with Crippen molar-refractivity contribution in [1.82, 2.24) is 20.3 Å². The number of benzene rings is 1. The number of rotatable bonds is 7.